The van der Waals surface area contributed by atoms with Crippen molar-refractivity contribution in [2.24, 2.45) is 5.73 Å². The molecule has 0 spiro atoms. The first-order valence-electron chi connectivity index (χ1n) is 11.2. The molecule has 35 heavy (non-hydrogen) atoms. The Labute approximate surface area is 209 Å². The lowest BCUT2D eigenvalue weighted by Gasteiger charge is -2.22. The van der Waals surface area contributed by atoms with Crippen LogP contribution in [0, 0.1) is 0 Å². The molecule has 0 aliphatic heterocycles. The zero-order valence-corrected chi connectivity index (χ0v) is 20.1. The van der Waals surface area contributed by atoms with E-state index in [1.165, 1.54) is 11.8 Å². The Hall–Kier alpha value is -3.78. The van der Waals surface area contributed by atoms with Crippen LogP contribution in [-0.2, 0) is 33.1 Å². The number of nitrogens with one attached hydrogen (secondary N) is 2. The maximum absolute atomic E-state index is 13.1. The number of hydrogen-bond donors (Lipinski definition) is 3. The molecule has 0 bridgehead atoms. The van der Waals surface area contributed by atoms with E-state index in [2.05, 4.69) is 10.6 Å². The summed E-state index contributed by atoms with van der Waals surface area (Å²) in [5.74, 6) is -0.196. The van der Waals surface area contributed by atoms with Gasteiger partial charge in [0.15, 0.2) is 0 Å². The van der Waals surface area contributed by atoms with Crippen LogP contribution in [0.1, 0.15) is 16.7 Å². The topological polar surface area (TPSA) is 111 Å². The monoisotopic (exact) mass is 491 g/mol. The number of alkyl carbamates (subject to hydrolysis) is 1. The molecule has 3 rings (SSSR count). The summed E-state index contributed by atoms with van der Waals surface area (Å²) in [6, 6.07) is 26.5. The van der Waals surface area contributed by atoms with E-state index >= 15 is 0 Å². The van der Waals surface area contributed by atoms with Crippen molar-refractivity contribution in [1.29, 1.82) is 0 Å². The van der Waals surface area contributed by atoms with Gasteiger partial charge in [-0.15, -0.1) is 0 Å². The molecule has 3 aromatic carbocycles. The van der Waals surface area contributed by atoms with E-state index in [9.17, 15) is 14.4 Å². The molecule has 7 nitrogen and oxygen atoms in total. The number of thioether (sulfide) groups is 1. The number of benzene rings is 3. The summed E-state index contributed by atoms with van der Waals surface area (Å²) < 4.78 is 5.29. The Morgan fingerprint density at radius 3 is 1.86 bits per heavy atom. The molecule has 4 N–H and O–H groups in total. The number of amides is 3. The highest BCUT2D eigenvalue weighted by molar-refractivity contribution is 7.98. The van der Waals surface area contributed by atoms with Gasteiger partial charge in [-0.2, -0.15) is 11.8 Å². The number of carbonyl (C=O) groups excluding carboxylic acids is 3. The van der Waals surface area contributed by atoms with Gasteiger partial charge in [-0.05, 0) is 16.7 Å². The van der Waals surface area contributed by atoms with E-state index < -0.39 is 30.0 Å². The molecule has 0 aliphatic carbocycles. The normalized spacial score (nSPS) is 12.2. The van der Waals surface area contributed by atoms with Crippen molar-refractivity contribution in [2.75, 3.05) is 5.75 Å². The van der Waals surface area contributed by atoms with Crippen molar-refractivity contribution < 1.29 is 19.1 Å². The highest BCUT2D eigenvalue weighted by atomic mass is 32.2. The Balaban J connectivity index is 1.62. The minimum absolute atomic E-state index is 0.0795. The minimum atomic E-state index is -0.912. The Kier molecular flexibility index (Phi) is 10.2. The third kappa shape index (κ3) is 9.17. The largest absolute Gasteiger partial charge is 0.445 e. The van der Waals surface area contributed by atoms with Crippen molar-refractivity contribution in [3.8, 4) is 0 Å². The van der Waals surface area contributed by atoms with Gasteiger partial charge in [-0.3, -0.25) is 9.59 Å². The van der Waals surface area contributed by atoms with Gasteiger partial charge >= 0.3 is 6.09 Å². The lowest BCUT2D eigenvalue weighted by Crippen LogP contribution is -2.54. The molecule has 0 saturated heterocycles. The van der Waals surface area contributed by atoms with E-state index in [1.54, 1.807) is 0 Å². The average molecular weight is 492 g/mol. The summed E-state index contributed by atoms with van der Waals surface area (Å²) in [7, 11) is 0. The minimum Gasteiger partial charge on any atom is -0.445 e. The van der Waals surface area contributed by atoms with Crippen LogP contribution < -0.4 is 16.4 Å². The van der Waals surface area contributed by atoms with Crippen LogP contribution in [0.15, 0.2) is 91.0 Å². The number of primary amides is 1. The standard InChI is InChI=1S/C27H29N3O4S/c28-25(31)23(16-20-10-4-1-5-11-20)29-26(32)24(19-35-18-22-14-8-3-9-15-22)30-27(33)34-17-21-12-6-2-7-13-21/h1-15,23-24H,16-19H2,(H2,28,31)(H,29,32)(H,30,33)/t23-,24+/m0/s1. The Bertz CT molecular complexity index is 1080. The van der Waals surface area contributed by atoms with Gasteiger partial charge in [0.2, 0.25) is 11.8 Å². The fourth-order valence-electron chi connectivity index (χ4n) is 3.30. The van der Waals surface area contributed by atoms with E-state index in [-0.39, 0.29) is 18.8 Å². The predicted molar refractivity (Wildman–Crippen MR) is 137 cm³/mol. The van der Waals surface area contributed by atoms with Crippen LogP contribution in [0.2, 0.25) is 0 Å². The van der Waals surface area contributed by atoms with Gasteiger partial charge in [0, 0.05) is 17.9 Å². The molecule has 0 fully saturated rings. The maximum Gasteiger partial charge on any atom is 0.408 e. The van der Waals surface area contributed by atoms with Crippen LogP contribution >= 0.6 is 11.8 Å². The molecule has 0 aliphatic rings. The zero-order valence-electron chi connectivity index (χ0n) is 19.3. The zero-order chi connectivity index (χ0) is 24.9. The predicted octanol–water partition coefficient (Wildman–Crippen LogP) is 3.43. The van der Waals surface area contributed by atoms with Crippen LogP contribution in [0.3, 0.4) is 0 Å². The molecule has 8 heteroatoms. The highest BCUT2D eigenvalue weighted by Gasteiger charge is 2.26. The average Bonchev–Trinajstić information content (AvgIpc) is 2.88. The van der Waals surface area contributed by atoms with E-state index in [0.717, 1.165) is 16.7 Å². The first kappa shape index (κ1) is 25.8. The van der Waals surface area contributed by atoms with Crippen LogP contribution in [0.5, 0.6) is 0 Å². The Morgan fingerprint density at radius 2 is 1.29 bits per heavy atom. The smallest absolute Gasteiger partial charge is 0.408 e. The van der Waals surface area contributed by atoms with Crippen LogP contribution in [0.25, 0.3) is 0 Å². The summed E-state index contributed by atoms with van der Waals surface area (Å²) in [6.45, 7) is 0.0795. The lowest BCUT2D eigenvalue weighted by atomic mass is 10.1. The molecule has 3 amide bonds. The first-order valence-corrected chi connectivity index (χ1v) is 12.4. The van der Waals surface area contributed by atoms with Crippen molar-refractivity contribution in [1.82, 2.24) is 10.6 Å². The third-order valence-corrected chi connectivity index (χ3v) is 6.27. The summed E-state index contributed by atoms with van der Waals surface area (Å²) in [5.41, 5.74) is 8.35. The SMILES string of the molecule is NC(=O)[C@H](Cc1ccccc1)NC(=O)[C@@H](CSCc1ccccc1)NC(=O)OCc1ccccc1. The number of hydrogen-bond acceptors (Lipinski definition) is 5. The molecular weight excluding hydrogens is 462 g/mol. The maximum atomic E-state index is 13.1. The molecule has 0 heterocycles. The fraction of sp³-hybridized carbons (Fsp3) is 0.222. The van der Waals surface area contributed by atoms with Crippen molar-refractivity contribution >= 4 is 29.7 Å². The number of nitrogens with two attached hydrogens (primary N) is 1. The first-order chi connectivity index (χ1) is 17.0. The summed E-state index contributed by atoms with van der Waals surface area (Å²) in [4.78, 5) is 37.6. The summed E-state index contributed by atoms with van der Waals surface area (Å²) >= 11 is 1.49. The molecule has 0 unspecified atom stereocenters. The molecule has 182 valence electrons. The van der Waals surface area contributed by atoms with Gasteiger partial charge in [0.05, 0.1) is 0 Å². The summed E-state index contributed by atoms with van der Waals surface area (Å²) in [5, 5.41) is 5.33. The number of ether oxygens (including phenoxy) is 1. The van der Waals surface area contributed by atoms with E-state index in [4.69, 9.17) is 10.5 Å². The summed E-state index contributed by atoms with van der Waals surface area (Å²) in [6.07, 6.45) is -0.461. The molecular formula is C27H29N3O4S. The van der Waals surface area contributed by atoms with Crippen molar-refractivity contribution in [3.05, 3.63) is 108 Å². The van der Waals surface area contributed by atoms with Crippen LogP contribution in [-0.4, -0.2) is 35.7 Å². The molecule has 0 saturated carbocycles. The fourth-order valence-corrected chi connectivity index (χ4v) is 4.32. The molecule has 3 aromatic rings. The van der Waals surface area contributed by atoms with Gasteiger partial charge < -0.3 is 21.1 Å². The second kappa shape index (κ2) is 13.8. The number of rotatable bonds is 12. The van der Waals surface area contributed by atoms with Crippen molar-refractivity contribution in [3.63, 3.8) is 0 Å². The Morgan fingerprint density at radius 1 is 0.743 bits per heavy atom. The van der Waals surface area contributed by atoms with Crippen LogP contribution in [0.4, 0.5) is 4.79 Å². The quantitative estimate of drug-likeness (QED) is 0.360. The molecule has 2 atom stereocenters. The van der Waals surface area contributed by atoms with E-state index in [1.807, 2.05) is 91.0 Å². The van der Waals surface area contributed by atoms with Gasteiger partial charge in [0.25, 0.3) is 0 Å². The lowest BCUT2D eigenvalue weighted by molar-refractivity contribution is -0.128. The highest BCUT2D eigenvalue weighted by Crippen LogP contribution is 2.14. The molecule has 0 radical (unpaired) electrons. The second-order valence-corrected chi connectivity index (χ2v) is 8.94. The second-order valence-electron chi connectivity index (χ2n) is 7.91. The van der Waals surface area contributed by atoms with Crippen molar-refractivity contribution in [2.45, 2.75) is 30.9 Å². The molecule has 0 aromatic heterocycles. The van der Waals surface area contributed by atoms with Gasteiger partial charge in [-0.25, -0.2) is 4.79 Å². The number of carbonyl (C=O) groups is 3. The third-order valence-electron chi connectivity index (χ3n) is 5.16. The van der Waals surface area contributed by atoms with Gasteiger partial charge in [0.1, 0.15) is 18.7 Å². The van der Waals surface area contributed by atoms with Gasteiger partial charge in [-0.1, -0.05) is 91.0 Å². The van der Waals surface area contributed by atoms with E-state index in [0.29, 0.717) is 5.75 Å².